The zero-order chi connectivity index (χ0) is 25.9. The van der Waals surface area contributed by atoms with Crippen molar-refractivity contribution in [3.05, 3.63) is 53.5 Å². The second-order valence-corrected chi connectivity index (χ2v) is 9.03. The fourth-order valence-electron chi connectivity index (χ4n) is 3.43. The molecule has 11 heteroatoms. The van der Waals surface area contributed by atoms with E-state index in [0.717, 1.165) is 10.7 Å². The van der Waals surface area contributed by atoms with Crippen molar-refractivity contribution in [2.75, 3.05) is 25.4 Å². The Kier molecular flexibility index (Phi) is 7.49. The maximum Gasteiger partial charge on any atom is 0.432 e. The van der Waals surface area contributed by atoms with Gasteiger partial charge < -0.3 is 30.3 Å². The molecule has 188 valence electrons. The number of ether oxygens (including phenoxy) is 2. The highest BCUT2D eigenvalue weighted by atomic mass is 19.1. The Bertz CT molecular complexity index is 1240. The van der Waals surface area contributed by atoms with Crippen LogP contribution in [-0.2, 0) is 4.74 Å². The van der Waals surface area contributed by atoms with Gasteiger partial charge in [0.25, 0.3) is 0 Å². The average Bonchev–Trinajstić information content (AvgIpc) is 3.10. The number of hydrogen-bond donors (Lipinski definition) is 3. The highest BCUT2D eigenvalue weighted by Gasteiger charge is 2.25. The predicted octanol–water partition coefficient (Wildman–Crippen LogP) is 3.94. The highest BCUT2D eigenvalue weighted by molar-refractivity contribution is 5.89. The van der Waals surface area contributed by atoms with Gasteiger partial charge in [-0.2, -0.15) is 9.78 Å². The van der Waals surface area contributed by atoms with E-state index in [1.54, 1.807) is 45.9 Å². The largest absolute Gasteiger partial charge is 0.492 e. The number of nitrogens with zero attached hydrogens (tertiary/aromatic N) is 3. The summed E-state index contributed by atoms with van der Waals surface area (Å²) in [6, 6.07) is 8.79. The summed E-state index contributed by atoms with van der Waals surface area (Å²) in [5.41, 5.74) is 6.01. The number of aliphatic hydroxyl groups is 1. The van der Waals surface area contributed by atoms with E-state index < -0.39 is 29.7 Å². The number of nitrogen functional groups attached to an aromatic ring is 1. The van der Waals surface area contributed by atoms with Crippen LogP contribution in [0.1, 0.15) is 38.1 Å². The minimum Gasteiger partial charge on any atom is -0.492 e. The van der Waals surface area contributed by atoms with E-state index in [2.05, 4.69) is 5.10 Å². The van der Waals surface area contributed by atoms with Gasteiger partial charge in [-0.15, -0.1) is 0 Å². The van der Waals surface area contributed by atoms with Gasteiger partial charge in [0.15, 0.2) is 0 Å². The molecule has 0 fully saturated rings. The third-order valence-corrected chi connectivity index (χ3v) is 5.10. The smallest absolute Gasteiger partial charge is 0.432 e. The lowest BCUT2D eigenvalue weighted by Gasteiger charge is -2.29. The molecule has 10 nitrogen and oxygen atoms in total. The summed E-state index contributed by atoms with van der Waals surface area (Å²) in [6.45, 7) is 6.81. The summed E-state index contributed by atoms with van der Waals surface area (Å²) in [4.78, 5) is 25.5. The van der Waals surface area contributed by atoms with E-state index in [4.69, 9.17) is 15.2 Å². The number of hydrogen-bond acceptors (Lipinski definition) is 7. The SMILES string of the molecule is Cc1nn(C(=O)O)c2cc(OCCN(CC(O)c3ccc(F)c(N)c3)C(=O)OC(C)(C)C)ccc12. The first kappa shape index (κ1) is 25.8. The number of rotatable bonds is 7. The van der Waals surface area contributed by atoms with Gasteiger partial charge in [-0.05, 0) is 57.5 Å². The van der Waals surface area contributed by atoms with Crippen LogP contribution in [0.5, 0.6) is 5.75 Å². The Hall–Kier alpha value is -3.86. The molecule has 35 heavy (non-hydrogen) atoms. The van der Waals surface area contributed by atoms with Crippen molar-refractivity contribution in [1.29, 1.82) is 0 Å². The molecule has 2 aromatic carbocycles. The van der Waals surface area contributed by atoms with Gasteiger partial charge in [0, 0.05) is 11.5 Å². The molecule has 1 unspecified atom stereocenters. The van der Waals surface area contributed by atoms with Crippen LogP contribution in [0.3, 0.4) is 0 Å². The number of anilines is 1. The number of benzene rings is 2. The van der Waals surface area contributed by atoms with Crippen LogP contribution in [-0.4, -0.2) is 62.4 Å². The fraction of sp³-hybridized carbons (Fsp3) is 0.375. The second-order valence-electron chi connectivity index (χ2n) is 9.03. The van der Waals surface area contributed by atoms with Gasteiger partial charge in [0.05, 0.1) is 36.1 Å². The Morgan fingerprint density at radius 1 is 1.23 bits per heavy atom. The Morgan fingerprint density at radius 2 is 1.94 bits per heavy atom. The summed E-state index contributed by atoms with van der Waals surface area (Å²) < 4.78 is 25.6. The summed E-state index contributed by atoms with van der Waals surface area (Å²) in [5, 5.41) is 24.7. The van der Waals surface area contributed by atoms with E-state index in [9.17, 15) is 24.2 Å². The van der Waals surface area contributed by atoms with Crippen LogP contribution in [0.15, 0.2) is 36.4 Å². The molecule has 0 aliphatic rings. The molecule has 3 rings (SSSR count). The van der Waals surface area contributed by atoms with E-state index in [1.807, 2.05) is 0 Å². The monoisotopic (exact) mass is 488 g/mol. The standard InChI is InChI=1S/C24H29FN4O6/c1-14-17-7-6-16(12-20(17)29(27-14)22(31)32)34-10-9-28(23(33)35-24(2,3)4)13-21(30)15-5-8-18(25)19(26)11-15/h5-8,11-12,21,30H,9-10,13,26H2,1-4H3,(H,31,32). The highest BCUT2D eigenvalue weighted by Crippen LogP contribution is 2.24. The zero-order valence-electron chi connectivity index (χ0n) is 20.0. The van der Waals surface area contributed by atoms with Crippen LogP contribution >= 0.6 is 0 Å². The van der Waals surface area contributed by atoms with Gasteiger partial charge in [-0.25, -0.2) is 14.0 Å². The van der Waals surface area contributed by atoms with Crippen LogP contribution in [0.4, 0.5) is 19.7 Å². The summed E-state index contributed by atoms with van der Waals surface area (Å²) in [6.07, 6.45) is -3.02. The first-order chi connectivity index (χ1) is 16.4. The number of carbonyl (C=O) groups is 2. The van der Waals surface area contributed by atoms with Gasteiger partial charge in [0.2, 0.25) is 0 Å². The molecule has 0 bridgehead atoms. The van der Waals surface area contributed by atoms with Crippen LogP contribution in [0, 0.1) is 12.7 Å². The molecule has 0 aliphatic carbocycles. The third kappa shape index (κ3) is 6.38. The van der Waals surface area contributed by atoms with Crippen molar-refractivity contribution in [3.63, 3.8) is 0 Å². The lowest BCUT2D eigenvalue weighted by Crippen LogP contribution is -2.41. The number of nitrogens with two attached hydrogens (primary N) is 1. The molecule has 3 aromatic rings. The van der Waals surface area contributed by atoms with E-state index in [1.165, 1.54) is 17.0 Å². The molecule has 4 N–H and O–H groups in total. The van der Waals surface area contributed by atoms with Crippen LogP contribution in [0.25, 0.3) is 10.9 Å². The molecule has 1 aromatic heterocycles. The number of carboxylic acid groups (broad SMARTS) is 1. The Balaban J connectivity index is 1.73. The molecule has 0 saturated carbocycles. The van der Waals surface area contributed by atoms with Crippen molar-refractivity contribution in [2.24, 2.45) is 0 Å². The van der Waals surface area contributed by atoms with E-state index >= 15 is 0 Å². The zero-order valence-corrected chi connectivity index (χ0v) is 20.0. The quantitative estimate of drug-likeness (QED) is 0.425. The molecule has 1 amide bonds. The van der Waals surface area contributed by atoms with Crippen molar-refractivity contribution in [2.45, 2.75) is 39.4 Å². The van der Waals surface area contributed by atoms with Crippen molar-refractivity contribution in [1.82, 2.24) is 14.7 Å². The number of fused-ring (bicyclic) bond motifs is 1. The molecular weight excluding hydrogens is 459 g/mol. The van der Waals surface area contributed by atoms with Crippen LogP contribution in [0.2, 0.25) is 0 Å². The average molecular weight is 489 g/mol. The minimum absolute atomic E-state index is 0.0310. The lowest BCUT2D eigenvalue weighted by atomic mass is 10.1. The number of aryl methyl sites for hydroxylation is 1. The first-order valence-corrected chi connectivity index (χ1v) is 10.9. The Labute approximate surface area is 201 Å². The van der Waals surface area contributed by atoms with Crippen molar-refractivity contribution < 1.29 is 33.7 Å². The van der Waals surface area contributed by atoms with Crippen LogP contribution < -0.4 is 10.5 Å². The topological polar surface area (TPSA) is 140 Å². The molecule has 1 heterocycles. The van der Waals surface area contributed by atoms with Gasteiger partial charge in [0.1, 0.15) is 23.8 Å². The summed E-state index contributed by atoms with van der Waals surface area (Å²) in [7, 11) is 0. The maximum atomic E-state index is 13.5. The molecule has 0 saturated heterocycles. The summed E-state index contributed by atoms with van der Waals surface area (Å²) in [5.74, 6) is -0.217. The van der Waals surface area contributed by atoms with E-state index in [-0.39, 0.29) is 25.4 Å². The Morgan fingerprint density at radius 3 is 2.57 bits per heavy atom. The molecule has 1 atom stereocenters. The first-order valence-electron chi connectivity index (χ1n) is 10.9. The van der Waals surface area contributed by atoms with Gasteiger partial charge >= 0.3 is 12.2 Å². The third-order valence-electron chi connectivity index (χ3n) is 5.10. The number of halogens is 1. The molecule has 0 spiro atoms. The van der Waals surface area contributed by atoms with Gasteiger partial charge in [-0.3, -0.25) is 0 Å². The number of aliphatic hydroxyl groups excluding tert-OH is 1. The van der Waals surface area contributed by atoms with Crippen molar-refractivity contribution >= 4 is 28.8 Å². The predicted molar refractivity (Wildman–Crippen MR) is 127 cm³/mol. The van der Waals surface area contributed by atoms with Crippen molar-refractivity contribution in [3.8, 4) is 5.75 Å². The molecular formula is C24H29FN4O6. The normalized spacial score (nSPS) is 12.4. The second kappa shape index (κ2) is 10.2. The lowest BCUT2D eigenvalue weighted by molar-refractivity contribution is 0.0117. The number of aromatic nitrogens is 2. The number of carbonyl (C=O) groups excluding carboxylic acids is 1. The maximum absolute atomic E-state index is 13.5. The molecule has 0 radical (unpaired) electrons. The van der Waals surface area contributed by atoms with E-state index in [0.29, 0.717) is 27.9 Å². The van der Waals surface area contributed by atoms with Gasteiger partial charge in [-0.1, -0.05) is 6.07 Å². The summed E-state index contributed by atoms with van der Waals surface area (Å²) >= 11 is 0. The number of amides is 1. The minimum atomic E-state index is -1.22. The molecule has 0 aliphatic heterocycles. The fourth-order valence-corrected chi connectivity index (χ4v) is 3.43.